The first-order valence-electron chi connectivity index (χ1n) is 9.39. The average molecular weight is 474 g/mol. The Morgan fingerprint density at radius 2 is 1.87 bits per heavy atom. The predicted molar refractivity (Wildman–Crippen MR) is 119 cm³/mol. The van der Waals surface area contributed by atoms with Crippen LogP contribution in [0.15, 0.2) is 53.1 Å². The van der Waals surface area contributed by atoms with Crippen molar-refractivity contribution in [3.05, 3.63) is 64.3 Å². The van der Waals surface area contributed by atoms with Gasteiger partial charge in [-0.2, -0.15) is 5.10 Å². The number of methoxy groups -OCH3 is 3. The zero-order chi connectivity index (χ0) is 21.5. The molecule has 7 nitrogen and oxygen atoms in total. The summed E-state index contributed by atoms with van der Waals surface area (Å²) in [6, 6.07) is 13.2. The molecule has 2 aromatic carbocycles. The zero-order valence-electron chi connectivity index (χ0n) is 17.1. The summed E-state index contributed by atoms with van der Waals surface area (Å²) >= 11 is 3.47. The van der Waals surface area contributed by atoms with Gasteiger partial charge in [0.05, 0.1) is 38.5 Å². The highest BCUT2D eigenvalue weighted by Gasteiger charge is 2.13. The van der Waals surface area contributed by atoms with Crippen LogP contribution in [0, 0.1) is 0 Å². The number of aromatic nitrogens is 2. The third kappa shape index (κ3) is 5.13. The molecule has 1 N–H and O–H groups in total. The lowest BCUT2D eigenvalue weighted by Crippen LogP contribution is -2.16. The minimum atomic E-state index is -0.0821. The van der Waals surface area contributed by atoms with Gasteiger partial charge in [-0.3, -0.25) is 4.79 Å². The highest BCUT2D eigenvalue weighted by atomic mass is 79.9. The fourth-order valence-corrected chi connectivity index (χ4v) is 3.72. The SMILES string of the molecule is COc1ccc(CCC(=O)Nc2ccnn2Cc2cccc(OC)c2OC)cc1Br. The van der Waals surface area contributed by atoms with E-state index >= 15 is 0 Å². The summed E-state index contributed by atoms with van der Waals surface area (Å²) in [6.07, 6.45) is 2.63. The Morgan fingerprint density at radius 1 is 1.07 bits per heavy atom. The number of carbonyl (C=O) groups excluding carboxylic acids is 1. The lowest BCUT2D eigenvalue weighted by atomic mass is 10.1. The first kappa shape index (κ1) is 21.7. The molecule has 1 amide bonds. The van der Waals surface area contributed by atoms with Crippen LogP contribution in [0.4, 0.5) is 5.82 Å². The number of nitrogens with one attached hydrogen (secondary N) is 1. The van der Waals surface area contributed by atoms with E-state index in [1.807, 2.05) is 36.4 Å². The maximum Gasteiger partial charge on any atom is 0.225 e. The van der Waals surface area contributed by atoms with E-state index in [0.717, 1.165) is 21.3 Å². The Morgan fingerprint density at radius 3 is 2.57 bits per heavy atom. The summed E-state index contributed by atoms with van der Waals surface area (Å²) in [4.78, 5) is 12.5. The molecule has 0 aliphatic carbocycles. The Balaban J connectivity index is 1.64. The molecule has 0 spiro atoms. The van der Waals surface area contributed by atoms with Crippen LogP contribution in [-0.4, -0.2) is 37.0 Å². The number of halogens is 1. The minimum absolute atomic E-state index is 0.0821. The van der Waals surface area contributed by atoms with Crippen molar-refractivity contribution >= 4 is 27.7 Å². The molecule has 0 saturated carbocycles. The number of amides is 1. The molecule has 158 valence electrons. The van der Waals surface area contributed by atoms with Gasteiger partial charge in [-0.05, 0) is 46.1 Å². The third-order valence-electron chi connectivity index (χ3n) is 4.65. The van der Waals surface area contributed by atoms with Crippen molar-refractivity contribution in [3.8, 4) is 17.2 Å². The minimum Gasteiger partial charge on any atom is -0.496 e. The first-order valence-corrected chi connectivity index (χ1v) is 10.2. The molecule has 1 heterocycles. The van der Waals surface area contributed by atoms with Crippen LogP contribution in [0.25, 0.3) is 0 Å². The number of rotatable bonds is 9. The van der Waals surface area contributed by atoms with Gasteiger partial charge in [0.2, 0.25) is 5.91 Å². The van der Waals surface area contributed by atoms with Crippen LogP contribution in [0.1, 0.15) is 17.5 Å². The molecule has 3 rings (SSSR count). The van der Waals surface area contributed by atoms with Crippen LogP contribution in [-0.2, 0) is 17.8 Å². The number of nitrogens with zero attached hydrogens (tertiary/aromatic N) is 2. The molecule has 3 aromatic rings. The Hall–Kier alpha value is -3.00. The first-order chi connectivity index (χ1) is 14.5. The third-order valence-corrected chi connectivity index (χ3v) is 5.27. The van der Waals surface area contributed by atoms with Gasteiger partial charge in [0.15, 0.2) is 11.5 Å². The molecule has 0 aliphatic heterocycles. The molecular weight excluding hydrogens is 450 g/mol. The van der Waals surface area contributed by atoms with E-state index in [9.17, 15) is 4.79 Å². The van der Waals surface area contributed by atoms with Gasteiger partial charge in [0.1, 0.15) is 11.6 Å². The number of hydrogen-bond acceptors (Lipinski definition) is 5. The van der Waals surface area contributed by atoms with Gasteiger partial charge in [0, 0.05) is 18.1 Å². The molecular formula is C22H24BrN3O4. The molecule has 1 aromatic heterocycles. The average Bonchev–Trinajstić information content (AvgIpc) is 3.18. The topological polar surface area (TPSA) is 74.6 Å². The Kier molecular flexibility index (Phi) is 7.35. The summed E-state index contributed by atoms with van der Waals surface area (Å²) in [5.41, 5.74) is 1.95. The van der Waals surface area contributed by atoms with E-state index in [4.69, 9.17) is 14.2 Å². The molecule has 0 saturated heterocycles. The number of hydrogen-bond donors (Lipinski definition) is 1. The number of carbonyl (C=O) groups is 1. The summed E-state index contributed by atoms with van der Waals surface area (Å²) in [5, 5.41) is 7.27. The van der Waals surface area contributed by atoms with Crippen LogP contribution < -0.4 is 19.5 Å². The van der Waals surface area contributed by atoms with Crippen molar-refractivity contribution in [2.75, 3.05) is 26.6 Å². The van der Waals surface area contributed by atoms with E-state index < -0.39 is 0 Å². The zero-order valence-corrected chi connectivity index (χ0v) is 18.7. The fraction of sp³-hybridized carbons (Fsp3) is 0.273. The van der Waals surface area contributed by atoms with Gasteiger partial charge < -0.3 is 19.5 Å². The van der Waals surface area contributed by atoms with E-state index in [1.165, 1.54) is 0 Å². The lowest BCUT2D eigenvalue weighted by molar-refractivity contribution is -0.116. The fourth-order valence-electron chi connectivity index (χ4n) is 3.13. The molecule has 0 unspecified atom stereocenters. The van der Waals surface area contributed by atoms with Crippen LogP contribution in [0.5, 0.6) is 17.2 Å². The number of anilines is 1. The number of benzene rings is 2. The predicted octanol–water partition coefficient (Wildman–Crippen LogP) is 4.29. The molecule has 0 bridgehead atoms. The quantitative estimate of drug-likeness (QED) is 0.501. The molecule has 0 aliphatic rings. The van der Waals surface area contributed by atoms with E-state index in [0.29, 0.717) is 36.7 Å². The summed E-state index contributed by atoms with van der Waals surface area (Å²) in [6.45, 7) is 0.439. The van der Waals surface area contributed by atoms with E-state index in [2.05, 4.69) is 26.3 Å². The number of ether oxygens (including phenoxy) is 3. The lowest BCUT2D eigenvalue weighted by Gasteiger charge is -2.14. The van der Waals surface area contributed by atoms with Gasteiger partial charge >= 0.3 is 0 Å². The van der Waals surface area contributed by atoms with Crippen LogP contribution in [0.3, 0.4) is 0 Å². The Labute approximate surface area is 184 Å². The second-order valence-corrected chi connectivity index (χ2v) is 7.40. The van der Waals surface area contributed by atoms with Crippen molar-refractivity contribution in [1.82, 2.24) is 9.78 Å². The molecule has 0 atom stereocenters. The number of para-hydroxylation sites is 1. The second-order valence-electron chi connectivity index (χ2n) is 6.54. The smallest absolute Gasteiger partial charge is 0.225 e. The van der Waals surface area contributed by atoms with Crippen molar-refractivity contribution in [2.45, 2.75) is 19.4 Å². The summed E-state index contributed by atoms with van der Waals surface area (Å²) in [7, 11) is 4.82. The molecule has 8 heteroatoms. The van der Waals surface area contributed by atoms with Crippen molar-refractivity contribution in [2.24, 2.45) is 0 Å². The maximum absolute atomic E-state index is 12.5. The molecule has 0 fully saturated rings. The maximum atomic E-state index is 12.5. The van der Waals surface area contributed by atoms with Gasteiger partial charge in [0.25, 0.3) is 0 Å². The van der Waals surface area contributed by atoms with E-state index in [-0.39, 0.29) is 5.91 Å². The monoisotopic (exact) mass is 473 g/mol. The highest BCUT2D eigenvalue weighted by Crippen LogP contribution is 2.31. The van der Waals surface area contributed by atoms with Crippen LogP contribution in [0.2, 0.25) is 0 Å². The van der Waals surface area contributed by atoms with Gasteiger partial charge in [-0.25, -0.2) is 4.68 Å². The summed E-state index contributed by atoms with van der Waals surface area (Å²) < 4.78 is 18.7. The highest BCUT2D eigenvalue weighted by molar-refractivity contribution is 9.10. The molecule has 30 heavy (non-hydrogen) atoms. The van der Waals surface area contributed by atoms with Crippen molar-refractivity contribution in [3.63, 3.8) is 0 Å². The largest absolute Gasteiger partial charge is 0.496 e. The van der Waals surface area contributed by atoms with Gasteiger partial charge in [-0.15, -0.1) is 0 Å². The van der Waals surface area contributed by atoms with Gasteiger partial charge in [-0.1, -0.05) is 18.2 Å². The Bertz CT molecular complexity index is 1020. The molecule has 0 radical (unpaired) electrons. The second kappa shape index (κ2) is 10.2. The van der Waals surface area contributed by atoms with Crippen LogP contribution >= 0.6 is 15.9 Å². The van der Waals surface area contributed by atoms with Crippen molar-refractivity contribution in [1.29, 1.82) is 0 Å². The standard InChI is InChI=1S/C22H24BrN3O4/c1-28-18-9-7-15(13-17(18)23)8-10-21(27)25-20-11-12-24-26(20)14-16-5-4-6-19(29-2)22(16)30-3/h4-7,9,11-13H,8,10,14H2,1-3H3,(H,25,27). The summed E-state index contributed by atoms with van der Waals surface area (Å²) in [5.74, 6) is 2.61. The normalized spacial score (nSPS) is 10.5. The van der Waals surface area contributed by atoms with Crippen molar-refractivity contribution < 1.29 is 19.0 Å². The number of aryl methyl sites for hydroxylation is 1. The van der Waals surface area contributed by atoms with E-state index in [1.54, 1.807) is 38.3 Å².